The van der Waals surface area contributed by atoms with E-state index in [2.05, 4.69) is 10.3 Å². The van der Waals surface area contributed by atoms with Gasteiger partial charge in [-0.25, -0.2) is 4.79 Å². The number of halogens is 1. The average Bonchev–Trinajstić information content (AvgIpc) is 2.97. The third kappa shape index (κ3) is 3.12. The van der Waals surface area contributed by atoms with Gasteiger partial charge < -0.3 is 5.32 Å². The molecule has 0 aromatic heterocycles. The summed E-state index contributed by atoms with van der Waals surface area (Å²) < 4.78 is 0. The van der Waals surface area contributed by atoms with Gasteiger partial charge in [-0.3, -0.25) is 9.89 Å². The summed E-state index contributed by atoms with van der Waals surface area (Å²) in [7, 11) is 0. The first-order valence-electron chi connectivity index (χ1n) is 7.09. The number of carbonyl (C=O) groups is 1. The quantitative estimate of drug-likeness (QED) is 0.896. The number of nitrogens with zero attached hydrogens (tertiary/aromatic N) is 2. The van der Waals surface area contributed by atoms with Crippen LogP contribution in [0.25, 0.3) is 0 Å². The number of aryl methyl sites for hydroxylation is 1. The van der Waals surface area contributed by atoms with Crippen LogP contribution in [0.3, 0.4) is 0 Å². The molecule has 112 valence electrons. The Kier molecular flexibility index (Phi) is 4.11. The molecule has 5 heteroatoms. The minimum absolute atomic E-state index is 0.179. The molecule has 1 N–H and O–H groups in total. The van der Waals surface area contributed by atoms with Gasteiger partial charge in [-0.1, -0.05) is 35.9 Å². The van der Waals surface area contributed by atoms with Gasteiger partial charge in [-0.15, -0.1) is 0 Å². The second-order valence-electron chi connectivity index (χ2n) is 5.17. The fourth-order valence-corrected chi connectivity index (χ4v) is 2.62. The van der Waals surface area contributed by atoms with Crippen LogP contribution in [-0.4, -0.2) is 29.9 Å². The monoisotopic (exact) mass is 313 g/mol. The summed E-state index contributed by atoms with van der Waals surface area (Å²) in [4.78, 5) is 18.6. The molecule has 4 nitrogen and oxygen atoms in total. The molecular formula is C17H16ClN3O. The van der Waals surface area contributed by atoms with E-state index in [9.17, 15) is 4.79 Å². The van der Waals surface area contributed by atoms with Crippen LogP contribution in [-0.2, 0) is 0 Å². The maximum atomic E-state index is 12.5. The zero-order valence-electron chi connectivity index (χ0n) is 12.2. The Morgan fingerprint density at radius 3 is 2.82 bits per heavy atom. The van der Waals surface area contributed by atoms with Crippen molar-refractivity contribution in [2.24, 2.45) is 4.99 Å². The third-order valence-electron chi connectivity index (χ3n) is 3.44. The van der Waals surface area contributed by atoms with Gasteiger partial charge in [-0.05, 0) is 36.8 Å². The molecule has 0 aliphatic carbocycles. The van der Waals surface area contributed by atoms with Crippen molar-refractivity contribution in [3.8, 4) is 0 Å². The third-order valence-corrected chi connectivity index (χ3v) is 3.67. The van der Waals surface area contributed by atoms with Crippen molar-refractivity contribution in [2.75, 3.05) is 18.4 Å². The zero-order chi connectivity index (χ0) is 15.5. The number of benzene rings is 2. The first-order valence-corrected chi connectivity index (χ1v) is 7.47. The molecule has 2 aromatic carbocycles. The van der Waals surface area contributed by atoms with E-state index in [1.165, 1.54) is 0 Å². The first-order chi connectivity index (χ1) is 10.6. The molecule has 0 unspecified atom stereocenters. The maximum Gasteiger partial charge on any atom is 0.327 e. The van der Waals surface area contributed by atoms with E-state index in [1.54, 1.807) is 11.0 Å². The highest BCUT2D eigenvalue weighted by Gasteiger charge is 2.25. The molecule has 3 rings (SSSR count). The number of anilines is 1. The van der Waals surface area contributed by atoms with Crippen LogP contribution < -0.4 is 5.32 Å². The Morgan fingerprint density at radius 1 is 1.23 bits per heavy atom. The van der Waals surface area contributed by atoms with Crippen molar-refractivity contribution in [1.82, 2.24) is 4.90 Å². The SMILES string of the molecule is Cc1cccc(NC(=O)N2CCN=C2c2cccc(Cl)c2)c1. The van der Waals surface area contributed by atoms with Crippen LogP contribution in [0.15, 0.2) is 53.5 Å². The van der Waals surface area contributed by atoms with Crippen molar-refractivity contribution in [3.63, 3.8) is 0 Å². The molecule has 0 saturated carbocycles. The summed E-state index contributed by atoms with van der Waals surface area (Å²) in [5.74, 6) is 0.660. The van der Waals surface area contributed by atoms with Gasteiger partial charge >= 0.3 is 6.03 Å². The topological polar surface area (TPSA) is 44.7 Å². The summed E-state index contributed by atoms with van der Waals surface area (Å²) in [6, 6.07) is 14.9. The molecule has 2 aromatic rings. The largest absolute Gasteiger partial charge is 0.327 e. The molecular weight excluding hydrogens is 298 g/mol. The molecule has 0 atom stereocenters. The normalized spacial score (nSPS) is 13.9. The molecule has 1 aliphatic heterocycles. The van der Waals surface area contributed by atoms with Crippen LogP contribution >= 0.6 is 11.6 Å². The van der Waals surface area contributed by atoms with Crippen LogP contribution in [0.4, 0.5) is 10.5 Å². The molecule has 0 saturated heterocycles. The lowest BCUT2D eigenvalue weighted by Crippen LogP contribution is -2.38. The van der Waals surface area contributed by atoms with E-state index in [0.717, 1.165) is 16.8 Å². The Morgan fingerprint density at radius 2 is 2.05 bits per heavy atom. The summed E-state index contributed by atoms with van der Waals surface area (Å²) in [5.41, 5.74) is 2.73. The van der Waals surface area contributed by atoms with Gasteiger partial charge in [0.2, 0.25) is 0 Å². The van der Waals surface area contributed by atoms with Gasteiger partial charge in [0.15, 0.2) is 0 Å². The van der Waals surface area contributed by atoms with E-state index < -0.39 is 0 Å². The molecule has 1 heterocycles. The second kappa shape index (κ2) is 6.20. The van der Waals surface area contributed by atoms with E-state index in [-0.39, 0.29) is 6.03 Å². The number of amides is 2. The van der Waals surface area contributed by atoms with Crippen molar-refractivity contribution in [3.05, 3.63) is 64.7 Å². The number of hydrogen-bond donors (Lipinski definition) is 1. The number of aliphatic imine (C=N–C) groups is 1. The summed E-state index contributed by atoms with van der Waals surface area (Å²) in [6.07, 6.45) is 0. The molecule has 0 fully saturated rings. The summed E-state index contributed by atoms with van der Waals surface area (Å²) in [5, 5.41) is 3.54. The van der Waals surface area contributed by atoms with E-state index in [0.29, 0.717) is 23.9 Å². The van der Waals surface area contributed by atoms with Crippen LogP contribution in [0.5, 0.6) is 0 Å². The van der Waals surface area contributed by atoms with Crippen LogP contribution in [0, 0.1) is 6.92 Å². The van der Waals surface area contributed by atoms with Gasteiger partial charge in [0.1, 0.15) is 5.84 Å². The van der Waals surface area contributed by atoms with Crippen molar-refractivity contribution < 1.29 is 4.79 Å². The van der Waals surface area contributed by atoms with Gasteiger partial charge in [0, 0.05) is 22.8 Å². The standard InChI is InChI=1S/C17H16ClN3O/c1-12-4-2-7-15(10-12)20-17(22)21-9-8-19-16(21)13-5-3-6-14(18)11-13/h2-7,10-11H,8-9H2,1H3,(H,20,22). The van der Waals surface area contributed by atoms with Gasteiger partial charge in [-0.2, -0.15) is 0 Å². The predicted molar refractivity (Wildman–Crippen MR) is 89.8 cm³/mol. The lowest BCUT2D eigenvalue weighted by atomic mass is 10.2. The Balaban J connectivity index is 1.79. The Labute approximate surface area is 134 Å². The molecule has 0 bridgehead atoms. The molecule has 0 spiro atoms. The number of hydrogen-bond acceptors (Lipinski definition) is 2. The van der Waals surface area contributed by atoms with Gasteiger partial charge in [0.25, 0.3) is 0 Å². The number of nitrogens with one attached hydrogen (secondary N) is 1. The molecule has 2 amide bonds. The number of urea groups is 1. The van der Waals surface area contributed by atoms with Crippen LogP contribution in [0.1, 0.15) is 11.1 Å². The van der Waals surface area contributed by atoms with Gasteiger partial charge in [0.05, 0.1) is 6.54 Å². The molecule has 22 heavy (non-hydrogen) atoms. The zero-order valence-corrected chi connectivity index (χ0v) is 13.0. The molecule has 1 aliphatic rings. The smallest absolute Gasteiger partial charge is 0.307 e. The first kappa shape index (κ1) is 14.6. The fraction of sp³-hybridized carbons (Fsp3) is 0.176. The van der Waals surface area contributed by atoms with Crippen molar-refractivity contribution >= 4 is 29.2 Å². The number of rotatable bonds is 2. The lowest BCUT2D eigenvalue weighted by Gasteiger charge is -2.19. The molecule has 0 radical (unpaired) electrons. The fourth-order valence-electron chi connectivity index (χ4n) is 2.43. The van der Waals surface area contributed by atoms with E-state index >= 15 is 0 Å². The van der Waals surface area contributed by atoms with Crippen LogP contribution in [0.2, 0.25) is 5.02 Å². The second-order valence-corrected chi connectivity index (χ2v) is 5.60. The summed E-state index contributed by atoms with van der Waals surface area (Å²) in [6.45, 7) is 3.16. The number of amidine groups is 1. The van der Waals surface area contributed by atoms with Crippen molar-refractivity contribution in [1.29, 1.82) is 0 Å². The lowest BCUT2D eigenvalue weighted by molar-refractivity contribution is 0.236. The highest BCUT2D eigenvalue weighted by Crippen LogP contribution is 2.18. The predicted octanol–water partition coefficient (Wildman–Crippen LogP) is 3.94. The minimum Gasteiger partial charge on any atom is -0.307 e. The number of carbonyl (C=O) groups excluding carboxylic acids is 1. The Bertz CT molecular complexity index is 742. The summed E-state index contributed by atoms with van der Waals surface area (Å²) >= 11 is 6.02. The minimum atomic E-state index is -0.179. The van der Waals surface area contributed by atoms with E-state index in [1.807, 2.05) is 49.4 Å². The average molecular weight is 314 g/mol. The van der Waals surface area contributed by atoms with Crippen molar-refractivity contribution in [2.45, 2.75) is 6.92 Å². The maximum absolute atomic E-state index is 12.5. The Hall–Kier alpha value is -2.33. The highest BCUT2D eigenvalue weighted by molar-refractivity contribution is 6.31. The van der Waals surface area contributed by atoms with E-state index in [4.69, 9.17) is 11.6 Å². The highest BCUT2D eigenvalue weighted by atomic mass is 35.5.